The highest BCUT2D eigenvalue weighted by molar-refractivity contribution is 5.96. The van der Waals surface area contributed by atoms with E-state index in [0.717, 1.165) is 61.5 Å². The summed E-state index contributed by atoms with van der Waals surface area (Å²) in [5.74, 6) is -0.954. The normalized spacial score (nSPS) is 15.0. The highest BCUT2D eigenvalue weighted by Gasteiger charge is 2.39. The van der Waals surface area contributed by atoms with Crippen LogP contribution in [0.15, 0.2) is 84.9 Å². The van der Waals surface area contributed by atoms with Gasteiger partial charge < -0.3 is 15.7 Å². The summed E-state index contributed by atoms with van der Waals surface area (Å²) in [6.45, 7) is 0.771. The molecule has 4 rings (SSSR count). The molecule has 5 nitrogen and oxygen atoms in total. The second kappa shape index (κ2) is 11.5. The predicted molar refractivity (Wildman–Crippen MR) is 141 cm³/mol. The Balaban J connectivity index is 1.44. The maximum atomic E-state index is 13.6. The van der Waals surface area contributed by atoms with Gasteiger partial charge in [-0.25, -0.2) is 4.79 Å². The lowest BCUT2D eigenvalue weighted by Gasteiger charge is -2.36. The Labute approximate surface area is 206 Å². The largest absolute Gasteiger partial charge is 0.478 e. The lowest BCUT2D eigenvalue weighted by atomic mass is 9.69. The van der Waals surface area contributed by atoms with E-state index in [1.165, 1.54) is 11.6 Å². The van der Waals surface area contributed by atoms with Crippen molar-refractivity contribution >= 4 is 29.3 Å². The molecular formula is C30H32N2O3. The smallest absolute Gasteiger partial charge is 0.328 e. The molecule has 5 heteroatoms. The summed E-state index contributed by atoms with van der Waals surface area (Å²) in [5, 5.41) is 15.4. The van der Waals surface area contributed by atoms with Crippen molar-refractivity contribution in [3.63, 3.8) is 0 Å². The van der Waals surface area contributed by atoms with E-state index in [0.29, 0.717) is 12.1 Å². The number of aliphatic carboxylic acids is 1. The molecule has 0 atom stereocenters. The van der Waals surface area contributed by atoms with Crippen LogP contribution >= 0.6 is 0 Å². The van der Waals surface area contributed by atoms with E-state index in [1.807, 2.05) is 36.4 Å². The molecule has 0 spiro atoms. The molecule has 0 radical (unpaired) electrons. The van der Waals surface area contributed by atoms with Gasteiger partial charge in [-0.15, -0.1) is 0 Å². The maximum Gasteiger partial charge on any atom is 0.328 e. The van der Waals surface area contributed by atoms with Gasteiger partial charge in [-0.2, -0.15) is 0 Å². The highest BCUT2D eigenvalue weighted by Crippen LogP contribution is 2.40. The summed E-state index contributed by atoms with van der Waals surface area (Å²) < 4.78 is 0. The molecule has 0 unspecified atom stereocenters. The third kappa shape index (κ3) is 6.82. The first-order valence-corrected chi connectivity index (χ1v) is 12.2. The number of benzene rings is 3. The molecule has 0 heterocycles. The fourth-order valence-corrected chi connectivity index (χ4v) is 4.80. The number of hydrogen-bond acceptors (Lipinski definition) is 3. The van der Waals surface area contributed by atoms with Gasteiger partial charge in [-0.1, -0.05) is 73.9 Å². The lowest BCUT2D eigenvalue weighted by Crippen LogP contribution is -2.40. The van der Waals surface area contributed by atoms with Gasteiger partial charge in [0.05, 0.1) is 5.41 Å². The fourth-order valence-electron chi connectivity index (χ4n) is 4.80. The Morgan fingerprint density at radius 3 is 2.29 bits per heavy atom. The molecule has 1 saturated carbocycles. The number of rotatable bonds is 9. The van der Waals surface area contributed by atoms with Crippen molar-refractivity contribution in [1.29, 1.82) is 0 Å². The highest BCUT2D eigenvalue weighted by atomic mass is 16.4. The number of hydrogen-bond donors (Lipinski definition) is 3. The van der Waals surface area contributed by atoms with Crippen molar-refractivity contribution < 1.29 is 14.7 Å². The molecule has 0 aromatic heterocycles. The lowest BCUT2D eigenvalue weighted by molar-refractivity contribution is -0.131. The van der Waals surface area contributed by atoms with Gasteiger partial charge in [-0.05, 0) is 66.3 Å². The summed E-state index contributed by atoms with van der Waals surface area (Å²) in [7, 11) is 0. The molecule has 3 aromatic rings. The second-order valence-corrected chi connectivity index (χ2v) is 9.31. The van der Waals surface area contributed by atoms with Gasteiger partial charge in [0.2, 0.25) is 5.91 Å². The summed E-state index contributed by atoms with van der Waals surface area (Å²) in [6.07, 6.45) is 8.32. The first kappa shape index (κ1) is 24.3. The second-order valence-electron chi connectivity index (χ2n) is 9.31. The van der Waals surface area contributed by atoms with Crippen LogP contribution in [-0.2, 0) is 22.6 Å². The molecule has 1 aliphatic rings. The van der Waals surface area contributed by atoms with Crippen molar-refractivity contribution in [1.82, 2.24) is 0 Å². The third-order valence-corrected chi connectivity index (χ3v) is 6.69. The van der Waals surface area contributed by atoms with Crippen LogP contribution in [0.5, 0.6) is 0 Å². The van der Waals surface area contributed by atoms with E-state index >= 15 is 0 Å². The van der Waals surface area contributed by atoms with Crippen LogP contribution in [0.4, 0.5) is 11.4 Å². The quantitative estimate of drug-likeness (QED) is 0.312. The van der Waals surface area contributed by atoms with E-state index in [9.17, 15) is 9.59 Å². The van der Waals surface area contributed by atoms with Crippen LogP contribution in [-0.4, -0.2) is 17.0 Å². The summed E-state index contributed by atoms with van der Waals surface area (Å²) in [4.78, 5) is 24.4. The van der Waals surface area contributed by atoms with Gasteiger partial charge >= 0.3 is 5.97 Å². The van der Waals surface area contributed by atoms with E-state index in [4.69, 9.17) is 5.11 Å². The molecule has 1 fully saturated rings. The number of anilines is 2. The molecule has 1 amide bonds. The van der Waals surface area contributed by atoms with Crippen molar-refractivity contribution in [3.05, 3.63) is 102 Å². The molecule has 180 valence electrons. The number of nitrogens with one attached hydrogen (secondary N) is 2. The summed E-state index contributed by atoms with van der Waals surface area (Å²) >= 11 is 0. The van der Waals surface area contributed by atoms with Gasteiger partial charge in [0.15, 0.2) is 0 Å². The minimum Gasteiger partial charge on any atom is -0.478 e. The standard InChI is InChI=1S/C30H32N2O3/c33-28(34)17-14-23-10-7-11-27(20-23)32-29(35)30(18-5-2-6-19-30)21-24-12-15-26(16-13-24)31-22-25-8-3-1-4-9-25/h1,3-4,7-17,20,31H,2,5-6,18-19,21-22H2,(H,32,35)(H,33,34)/b17-14+. The Morgan fingerprint density at radius 2 is 1.57 bits per heavy atom. The van der Waals surface area contributed by atoms with Crippen LogP contribution in [0.3, 0.4) is 0 Å². The Kier molecular flexibility index (Phi) is 7.99. The zero-order valence-corrected chi connectivity index (χ0v) is 19.9. The van der Waals surface area contributed by atoms with Crippen molar-refractivity contribution in [2.45, 2.75) is 45.1 Å². The topological polar surface area (TPSA) is 78.4 Å². The molecule has 0 saturated heterocycles. The van der Waals surface area contributed by atoms with Crippen LogP contribution in [0, 0.1) is 5.41 Å². The zero-order valence-electron chi connectivity index (χ0n) is 19.9. The molecule has 0 aliphatic heterocycles. The maximum absolute atomic E-state index is 13.6. The average molecular weight is 469 g/mol. The molecule has 1 aliphatic carbocycles. The van der Waals surface area contributed by atoms with Crippen molar-refractivity contribution in [2.75, 3.05) is 10.6 Å². The molecule has 35 heavy (non-hydrogen) atoms. The first-order chi connectivity index (χ1) is 17.0. The van der Waals surface area contributed by atoms with Gasteiger partial charge in [0, 0.05) is 24.0 Å². The molecular weight excluding hydrogens is 436 g/mol. The SMILES string of the molecule is O=C(O)/C=C/c1cccc(NC(=O)C2(Cc3ccc(NCc4ccccc4)cc3)CCCCC2)c1. The molecule has 0 bridgehead atoms. The van der Waals surface area contributed by atoms with Crippen LogP contribution in [0.25, 0.3) is 6.08 Å². The molecule has 3 aromatic carbocycles. The number of carbonyl (C=O) groups is 2. The van der Waals surface area contributed by atoms with Gasteiger partial charge in [0.25, 0.3) is 0 Å². The monoisotopic (exact) mass is 468 g/mol. The number of carbonyl (C=O) groups excluding carboxylic acids is 1. The predicted octanol–water partition coefficient (Wildman–Crippen LogP) is 6.53. The zero-order chi connectivity index (χ0) is 24.5. The van der Waals surface area contributed by atoms with Crippen LogP contribution < -0.4 is 10.6 Å². The van der Waals surface area contributed by atoms with Crippen LogP contribution in [0.1, 0.15) is 48.8 Å². The minimum atomic E-state index is -0.998. The Morgan fingerprint density at radius 1 is 0.829 bits per heavy atom. The van der Waals surface area contributed by atoms with Crippen molar-refractivity contribution in [2.24, 2.45) is 5.41 Å². The van der Waals surface area contributed by atoms with E-state index < -0.39 is 11.4 Å². The van der Waals surface area contributed by atoms with Crippen LogP contribution in [0.2, 0.25) is 0 Å². The Hall–Kier alpha value is -3.86. The summed E-state index contributed by atoms with van der Waals surface area (Å²) in [5.41, 5.74) is 4.44. The number of carboxylic acid groups (broad SMARTS) is 1. The fraction of sp³-hybridized carbons (Fsp3) is 0.267. The number of carboxylic acids is 1. The number of amides is 1. The Bertz CT molecular complexity index is 1160. The van der Waals surface area contributed by atoms with E-state index in [2.05, 4.69) is 47.0 Å². The van der Waals surface area contributed by atoms with Gasteiger partial charge in [-0.3, -0.25) is 4.79 Å². The first-order valence-electron chi connectivity index (χ1n) is 12.2. The van der Waals surface area contributed by atoms with E-state index in [1.54, 1.807) is 6.07 Å². The minimum absolute atomic E-state index is 0.0443. The average Bonchev–Trinajstić information content (AvgIpc) is 2.88. The third-order valence-electron chi connectivity index (χ3n) is 6.69. The van der Waals surface area contributed by atoms with E-state index in [-0.39, 0.29) is 5.91 Å². The van der Waals surface area contributed by atoms with Crippen molar-refractivity contribution in [3.8, 4) is 0 Å². The van der Waals surface area contributed by atoms with Gasteiger partial charge in [0.1, 0.15) is 0 Å². The molecule has 3 N–H and O–H groups in total. The summed E-state index contributed by atoms with van der Waals surface area (Å²) in [6, 6.07) is 26.0.